The Morgan fingerprint density at radius 1 is 1.06 bits per heavy atom. The summed E-state index contributed by atoms with van der Waals surface area (Å²) in [6, 6.07) is 14.9. The Labute approximate surface area is 185 Å². The van der Waals surface area contributed by atoms with E-state index in [9.17, 15) is 4.79 Å². The highest BCUT2D eigenvalue weighted by Gasteiger charge is 2.15. The van der Waals surface area contributed by atoms with Crippen LogP contribution in [0.3, 0.4) is 0 Å². The standard InChI is InChI=1S/C24H24N6O2/c1-30-15-19(14-26-30)17-4-7-22-18(12-17)13-23(29-28-22)27-24(31)16-2-5-20(6-3-16)32-21-8-10-25-11-9-21/h2-7,12-15,21,25H,8-11H2,1H3,(H,27,29,31). The van der Waals surface area contributed by atoms with Crippen LogP contribution in [0.2, 0.25) is 0 Å². The van der Waals surface area contributed by atoms with Crippen molar-refractivity contribution in [1.82, 2.24) is 25.3 Å². The van der Waals surface area contributed by atoms with Crippen LogP contribution in [0.4, 0.5) is 5.82 Å². The Morgan fingerprint density at radius 3 is 2.62 bits per heavy atom. The van der Waals surface area contributed by atoms with Crippen molar-refractivity contribution in [3.05, 3.63) is 66.5 Å². The minimum absolute atomic E-state index is 0.223. The first-order valence-corrected chi connectivity index (χ1v) is 10.7. The fraction of sp³-hybridized carbons (Fsp3) is 0.250. The quantitative estimate of drug-likeness (QED) is 0.506. The Hall–Kier alpha value is -3.78. The number of fused-ring (bicyclic) bond motifs is 1. The van der Waals surface area contributed by atoms with Gasteiger partial charge in [-0.1, -0.05) is 6.07 Å². The maximum atomic E-state index is 12.7. The number of amides is 1. The maximum absolute atomic E-state index is 12.7. The summed E-state index contributed by atoms with van der Waals surface area (Å²) < 4.78 is 7.77. The van der Waals surface area contributed by atoms with Crippen LogP contribution in [0, 0.1) is 0 Å². The van der Waals surface area contributed by atoms with Gasteiger partial charge in [0.25, 0.3) is 5.91 Å². The third-order valence-electron chi connectivity index (χ3n) is 5.57. The van der Waals surface area contributed by atoms with Crippen LogP contribution in [0.1, 0.15) is 23.2 Å². The fourth-order valence-corrected chi connectivity index (χ4v) is 3.84. The molecule has 1 amide bonds. The smallest absolute Gasteiger partial charge is 0.256 e. The fourth-order valence-electron chi connectivity index (χ4n) is 3.84. The monoisotopic (exact) mass is 428 g/mol. The van der Waals surface area contributed by atoms with Crippen LogP contribution in [0.25, 0.3) is 22.0 Å². The molecule has 162 valence electrons. The highest BCUT2D eigenvalue weighted by Crippen LogP contribution is 2.24. The topological polar surface area (TPSA) is 94.0 Å². The number of benzene rings is 2. The largest absolute Gasteiger partial charge is 0.490 e. The molecule has 2 N–H and O–H groups in total. The van der Waals surface area contributed by atoms with E-state index in [2.05, 4.69) is 25.9 Å². The van der Waals surface area contributed by atoms with Gasteiger partial charge in [0.15, 0.2) is 5.82 Å². The molecule has 1 fully saturated rings. The van der Waals surface area contributed by atoms with Gasteiger partial charge in [-0.3, -0.25) is 9.48 Å². The first-order chi connectivity index (χ1) is 15.6. The van der Waals surface area contributed by atoms with Gasteiger partial charge < -0.3 is 15.4 Å². The molecule has 0 radical (unpaired) electrons. The zero-order chi connectivity index (χ0) is 21.9. The summed E-state index contributed by atoms with van der Waals surface area (Å²) in [7, 11) is 1.88. The SMILES string of the molecule is Cn1cc(-c2ccc3nnc(NC(=O)c4ccc(OC5CCNCC5)cc4)cc3c2)cn1. The molecule has 2 aromatic carbocycles. The molecular formula is C24H24N6O2. The van der Waals surface area contributed by atoms with Crippen LogP contribution in [-0.2, 0) is 7.05 Å². The van der Waals surface area contributed by atoms with Crippen LogP contribution in [0.5, 0.6) is 5.75 Å². The molecule has 1 aliphatic rings. The van der Waals surface area contributed by atoms with Gasteiger partial charge in [0.2, 0.25) is 0 Å². The first kappa shape index (κ1) is 20.1. The number of anilines is 1. The van der Waals surface area contributed by atoms with Gasteiger partial charge in [-0.15, -0.1) is 10.2 Å². The summed E-state index contributed by atoms with van der Waals surface area (Å²) in [5, 5.41) is 19.7. The van der Waals surface area contributed by atoms with Gasteiger partial charge in [0.1, 0.15) is 11.9 Å². The van der Waals surface area contributed by atoms with Crippen molar-refractivity contribution in [3.63, 3.8) is 0 Å². The Balaban J connectivity index is 1.29. The molecule has 3 heterocycles. The van der Waals surface area contributed by atoms with E-state index in [0.717, 1.165) is 53.7 Å². The van der Waals surface area contributed by atoms with E-state index in [0.29, 0.717) is 11.4 Å². The summed E-state index contributed by atoms with van der Waals surface area (Å²) in [5.74, 6) is 0.943. The minimum Gasteiger partial charge on any atom is -0.490 e. The molecular weight excluding hydrogens is 404 g/mol. The zero-order valence-corrected chi connectivity index (χ0v) is 17.8. The molecule has 1 aliphatic heterocycles. The third-order valence-corrected chi connectivity index (χ3v) is 5.57. The number of hydrogen-bond donors (Lipinski definition) is 2. The minimum atomic E-state index is -0.240. The number of hydrogen-bond acceptors (Lipinski definition) is 6. The van der Waals surface area contributed by atoms with E-state index in [4.69, 9.17) is 4.74 Å². The maximum Gasteiger partial charge on any atom is 0.256 e. The number of aromatic nitrogens is 4. The van der Waals surface area contributed by atoms with E-state index in [-0.39, 0.29) is 12.0 Å². The van der Waals surface area contributed by atoms with E-state index in [1.807, 2.05) is 55.8 Å². The lowest BCUT2D eigenvalue weighted by Gasteiger charge is -2.23. The van der Waals surface area contributed by atoms with Gasteiger partial charge in [-0.25, -0.2) is 0 Å². The molecule has 1 saturated heterocycles. The molecule has 0 atom stereocenters. The van der Waals surface area contributed by atoms with Crippen LogP contribution >= 0.6 is 0 Å². The number of carbonyl (C=O) groups excluding carboxylic acids is 1. The lowest BCUT2D eigenvalue weighted by molar-refractivity contribution is 0.102. The summed E-state index contributed by atoms with van der Waals surface area (Å²) in [5.41, 5.74) is 3.34. The second-order valence-electron chi connectivity index (χ2n) is 7.95. The number of nitrogens with one attached hydrogen (secondary N) is 2. The van der Waals surface area contributed by atoms with Gasteiger partial charge in [0.05, 0.1) is 11.7 Å². The van der Waals surface area contributed by atoms with Crippen LogP contribution in [-0.4, -0.2) is 45.1 Å². The average molecular weight is 428 g/mol. The molecule has 32 heavy (non-hydrogen) atoms. The summed E-state index contributed by atoms with van der Waals surface area (Å²) in [6.45, 7) is 1.95. The van der Waals surface area contributed by atoms with Crippen LogP contribution < -0.4 is 15.4 Å². The molecule has 0 saturated carbocycles. The molecule has 0 spiro atoms. The normalized spacial score (nSPS) is 14.4. The number of nitrogens with zero attached hydrogens (tertiary/aromatic N) is 4. The van der Waals surface area contributed by atoms with E-state index >= 15 is 0 Å². The van der Waals surface area contributed by atoms with Gasteiger partial charge in [-0.05, 0) is 74.0 Å². The molecule has 5 rings (SSSR count). The third kappa shape index (κ3) is 4.45. The van der Waals surface area contributed by atoms with Gasteiger partial charge in [-0.2, -0.15) is 5.10 Å². The van der Waals surface area contributed by atoms with E-state index < -0.39 is 0 Å². The van der Waals surface area contributed by atoms with Gasteiger partial charge >= 0.3 is 0 Å². The molecule has 2 aromatic heterocycles. The highest BCUT2D eigenvalue weighted by molar-refractivity contribution is 6.04. The highest BCUT2D eigenvalue weighted by atomic mass is 16.5. The van der Waals surface area contributed by atoms with E-state index in [1.54, 1.807) is 16.8 Å². The Kier molecular flexibility index (Phi) is 5.51. The summed E-state index contributed by atoms with van der Waals surface area (Å²) in [6.07, 6.45) is 5.98. The summed E-state index contributed by atoms with van der Waals surface area (Å²) >= 11 is 0. The molecule has 0 aliphatic carbocycles. The van der Waals surface area contributed by atoms with Crippen molar-refractivity contribution in [3.8, 4) is 16.9 Å². The predicted octanol–water partition coefficient (Wildman–Crippen LogP) is 3.41. The molecule has 0 unspecified atom stereocenters. The van der Waals surface area contributed by atoms with Crippen molar-refractivity contribution < 1.29 is 9.53 Å². The second kappa shape index (κ2) is 8.76. The summed E-state index contributed by atoms with van der Waals surface area (Å²) in [4.78, 5) is 12.7. The van der Waals surface area contributed by atoms with Crippen molar-refractivity contribution >= 4 is 22.6 Å². The number of aryl methyl sites for hydroxylation is 1. The van der Waals surface area contributed by atoms with Crippen molar-refractivity contribution in [2.45, 2.75) is 18.9 Å². The number of piperidine rings is 1. The van der Waals surface area contributed by atoms with Crippen molar-refractivity contribution in [2.24, 2.45) is 7.05 Å². The molecule has 8 heteroatoms. The molecule has 0 bridgehead atoms. The van der Waals surface area contributed by atoms with Gasteiger partial charge in [0, 0.05) is 29.8 Å². The first-order valence-electron chi connectivity index (χ1n) is 10.7. The van der Waals surface area contributed by atoms with Crippen molar-refractivity contribution in [2.75, 3.05) is 18.4 Å². The van der Waals surface area contributed by atoms with E-state index in [1.165, 1.54) is 0 Å². The zero-order valence-electron chi connectivity index (χ0n) is 17.8. The second-order valence-corrected chi connectivity index (χ2v) is 7.95. The average Bonchev–Trinajstić information content (AvgIpc) is 3.26. The lowest BCUT2D eigenvalue weighted by atomic mass is 10.1. The Bertz CT molecular complexity index is 1250. The predicted molar refractivity (Wildman–Crippen MR) is 123 cm³/mol. The van der Waals surface area contributed by atoms with Crippen LogP contribution in [0.15, 0.2) is 60.9 Å². The number of rotatable bonds is 5. The van der Waals surface area contributed by atoms with Crippen molar-refractivity contribution in [1.29, 1.82) is 0 Å². The Morgan fingerprint density at radius 2 is 1.88 bits per heavy atom. The molecule has 4 aromatic rings. The number of ether oxygens (including phenoxy) is 1. The molecule has 8 nitrogen and oxygen atoms in total. The lowest BCUT2D eigenvalue weighted by Crippen LogP contribution is -2.34. The number of carbonyl (C=O) groups is 1.